The van der Waals surface area contributed by atoms with Crippen molar-refractivity contribution in [2.24, 2.45) is 11.7 Å². The number of nitrogens with two attached hydrogens (primary N) is 1. The Morgan fingerprint density at radius 1 is 1.50 bits per heavy atom. The minimum absolute atomic E-state index is 0.0906. The van der Waals surface area contributed by atoms with Crippen molar-refractivity contribution in [2.75, 3.05) is 11.4 Å². The molecule has 1 aliphatic heterocycles. The highest BCUT2D eigenvalue weighted by Crippen LogP contribution is 2.27. The summed E-state index contributed by atoms with van der Waals surface area (Å²) < 4.78 is 0. The SMILES string of the molecule is NC(=O)C1CC(=O)N(c2cccc(O)c2)C1. The van der Waals surface area contributed by atoms with Crippen molar-refractivity contribution in [1.82, 2.24) is 0 Å². The monoisotopic (exact) mass is 220 g/mol. The molecule has 0 saturated carbocycles. The van der Waals surface area contributed by atoms with Gasteiger partial charge in [-0.1, -0.05) is 6.07 Å². The first-order valence-corrected chi connectivity index (χ1v) is 4.96. The molecule has 1 aromatic carbocycles. The largest absolute Gasteiger partial charge is 0.508 e. The zero-order valence-corrected chi connectivity index (χ0v) is 8.59. The van der Waals surface area contributed by atoms with Crippen LogP contribution >= 0.6 is 0 Å². The molecule has 0 aliphatic carbocycles. The molecule has 84 valence electrons. The van der Waals surface area contributed by atoms with Crippen molar-refractivity contribution in [3.05, 3.63) is 24.3 Å². The second-order valence-corrected chi connectivity index (χ2v) is 3.83. The molecule has 1 unspecified atom stereocenters. The summed E-state index contributed by atoms with van der Waals surface area (Å²) in [6.45, 7) is 0.289. The maximum absolute atomic E-state index is 11.6. The number of anilines is 1. The number of carbonyl (C=O) groups is 2. The van der Waals surface area contributed by atoms with Crippen molar-refractivity contribution in [2.45, 2.75) is 6.42 Å². The third-order valence-electron chi connectivity index (χ3n) is 2.67. The van der Waals surface area contributed by atoms with Gasteiger partial charge in [0.1, 0.15) is 5.75 Å². The number of hydrogen-bond acceptors (Lipinski definition) is 3. The topological polar surface area (TPSA) is 83.6 Å². The number of hydrogen-bond donors (Lipinski definition) is 2. The Morgan fingerprint density at radius 3 is 2.81 bits per heavy atom. The van der Waals surface area contributed by atoms with Crippen LogP contribution in [0.15, 0.2) is 24.3 Å². The highest BCUT2D eigenvalue weighted by atomic mass is 16.3. The highest BCUT2D eigenvalue weighted by molar-refractivity contribution is 6.00. The van der Waals surface area contributed by atoms with E-state index in [1.165, 1.54) is 17.0 Å². The highest BCUT2D eigenvalue weighted by Gasteiger charge is 2.33. The van der Waals surface area contributed by atoms with Crippen LogP contribution in [0.25, 0.3) is 0 Å². The Labute approximate surface area is 92.5 Å². The molecular weight excluding hydrogens is 208 g/mol. The average Bonchev–Trinajstić information content (AvgIpc) is 2.60. The van der Waals surface area contributed by atoms with Gasteiger partial charge in [-0.3, -0.25) is 9.59 Å². The summed E-state index contributed by atoms with van der Waals surface area (Å²) in [5.74, 6) is -0.951. The third-order valence-corrected chi connectivity index (χ3v) is 2.67. The van der Waals surface area contributed by atoms with E-state index in [0.29, 0.717) is 5.69 Å². The summed E-state index contributed by atoms with van der Waals surface area (Å²) in [4.78, 5) is 24.1. The van der Waals surface area contributed by atoms with E-state index in [9.17, 15) is 14.7 Å². The van der Waals surface area contributed by atoms with Gasteiger partial charge in [0.25, 0.3) is 0 Å². The number of primary amides is 1. The zero-order valence-electron chi connectivity index (χ0n) is 8.59. The van der Waals surface area contributed by atoms with Crippen molar-refractivity contribution >= 4 is 17.5 Å². The summed E-state index contributed by atoms with van der Waals surface area (Å²) in [7, 11) is 0. The molecule has 2 amide bonds. The molecule has 1 atom stereocenters. The molecule has 1 saturated heterocycles. The van der Waals surface area contributed by atoms with Gasteiger partial charge in [0.15, 0.2) is 0 Å². The quantitative estimate of drug-likeness (QED) is 0.748. The third kappa shape index (κ3) is 1.84. The number of aromatic hydroxyl groups is 1. The first-order valence-electron chi connectivity index (χ1n) is 4.96. The van der Waals surface area contributed by atoms with Crippen LogP contribution in [0.5, 0.6) is 5.75 Å². The lowest BCUT2D eigenvalue weighted by Gasteiger charge is -2.16. The smallest absolute Gasteiger partial charge is 0.227 e. The van der Waals surface area contributed by atoms with Crippen LogP contribution in [-0.2, 0) is 9.59 Å². The molecular formula is C11H12N2O3. The predicted molar refractivity (Wildman–Crippen MR) is 57.8 cm³/mol. The van der Waals surface area contributed by atoms with Crippen molar-refractivity contribution in [3.63, 3.8) is 0 Å². The Balaban J connectivity index is 2.23. The maximum Gasteiger partial charge on any atom is 0.227 e. The van der Waals surface area contributed by atoms with Crippen molar-refractivity contribution < 1.29 is 14.7 Å². The van der Waals surface area contributed by atoms with Gasteiger partial charge in [0.2, 0.25) is 11.8 Å². The van der Waals surface area contributed by atoms with Crippen LogP contribution in [0.4, 0.5) is 5.69 Å². The van der Waals surface area contributed by atoms with Crippen LogP contribution < -0.4 is 10.6 Å². The number of phenols is 1. The van der Waals surface area contributed by atoms with E-state index in [0.717, 1.165) is 0 Å². The van der Waals surface area contributed by atoms with Crippen LogP contribution in [0.3, 0.4) is 0 Å². The van der Waals surface area contributed by atoms with E-state index in [-0.39, 0.29) is 24.6 Å². The standard InChI is InChI=1S/C11H12N2O3/c12-11(16)7-4-10(15)13(6-7)8-2-1-3-9(14)5-8/h1-3,5,7,14H,4,6H2,(H2,12,16). The molecule has 5 heteroatoms. The van der Waals surface area contributed by atoms with Gasteiger partial charge in [0.05, 0.1) is 5.92 Å². The average molecular weight is 220 g/mol. The summed E-state index contributed by atoms with van der Waals surface area (Å²) in [6.07, 6.45) is 0.144. The van der Waals surface area contributed by atoms with Crippen LogP contribution in [0.2, 0.25) is 0 Å². The maximum atomic E-state index is 11.6. The Hall–Kier alpha value is -2.04. The fraction of sp³-hybridized carbons (Fsp3) is 0.273. The molecule has 1 aliphatic rings. The lowest BCUT2D eigenvalue weighted by molar-refractivity contribution is -0.123. The zero-order chi connectivity index (χ0) is 11.7. The normalized spacial score (nSPS) is 20.1. The molecule has 16 heavy (non-hydrogen) atoms. The Bertz CT molecular complexity index is 445. The summed E-state index contributed by atoms with van der Waals surface area (Å²) >= 11 is 0. The van der Waals surface area contributed by atoms with Crippen LogP contribution in [0, 0.1) is 5.92 Å². The van der Waals surface area contributed by atoms with E-state index in [1.807, 2.05) is 0 Å². The minimum Gasteiger partial charge on any atom is -0.508 e. The van der Waals surface area contributed by atoms with Gasteiger partial charge in [-0.05, 0) is 12.1 Å². The number of phenolic OH excluding ortho intramolecular Hbond substituents is 1. The van der Waals surface area contributed by atoms with Crippen molar-refractivity contribution in [1.29, 1.82) is 0 Å². The molecule has 1 fully saturated rings. The first-order chi connectivity index (χ1) is 7.58. The van der Waals surface area contributed by atoms with Gasteiger partial charge in [-0.2, -0.15) is 0 Å². The number of rotatable bonds is 2. The fourth-order valence-corrected chi connectivity index (χ4v) is 1.81. The molecule has 1 heterocycles. The molecule has 5 nitrogen and oxygen atoms in total. The van der Waals surface area contributed by atoms with Crippen LogP contribution in [0.1, 0.15) is 6.42 Å². The van der Waals surface area contributed by atoms with Crippen molar-refractivity contribution in [3.8, 4) is 5.75 Å². The summed E-state index contributed by atoms with van der Waals surface area (Å²) in [6, 6.07) is 6.37. The predicted octanol–water partition coefficient (Wildman–Crippen LogP) is 0.230. The first kappa shape index (κ1) is 10.5. The summed E-state index contributed by atoms with van der Waals surface area (Å²) in [5, 5.41) is 9.31. The molecule has 0 bridgehead atoms. The molecule has 2 rings (SSSR count). The molecule has 0 spiro atoms. The van der Waals surface area contributed by atoms with E-state index < -0.39 is 11.8 Å². The van der Waals surface area contributed by atoms with Gasteiger partial charge < -0.3 is 15.7 Å². The van der Waals surface area contributed by atoms with Gasteiger partial charge in [-0.15, -0.1) is 0 Å². The Morgan fingerprint density at radius 2 is 2.25 bits per heavy atom. The second kappa shape index (κ2) is 3.84. The molecule has 1 aromatic rings. The van der Waals surface area contributed by atoms with E-state index in [4.69, 9.17) is 5.73 Å². The number of amides is 2. The molecule has 0 radical (unpaired) electrons. The summed E-state index contributed by atoms with van der Waals surface area (Å²) in [5.41, 5.74) is 5.75. The number of nitrogens with zero attached hydrogens (tertiary/aromatic N) is 1. The second-order valence-electron chi connectivity index (χ2n) is 3.83. The van der Waals surface area contributed by atoms with E-state index in [1.54, 1.807) is 12.1 Å². The minimum atomic E-state index is -0.462. The molecule has 3 N–H and O–H groups in total. The Kier molecular flexibility index (Phi) is 2.52. The number of carbonyl (C=O) groups excluding carboxylic acids is 2. The van der Waals surface area contributed by atoms with E-state index in [2.05, 4.69) is 0 Å². The van der Waals surface area contributed by atoms with Gasteiger partial charge in [0, 0.05) is 24.7 Å². The van der Waals surface area contributed by atoms with Crippen LogP contribution in [-0.4, -0.2) is 23.5 Å². The van der Waals surface area contributed by atoms with Gasteiger partial charge in [-0.25, -0.2) is 0 Å². The van der Waals surface area contributed by atoms with Gasteiger partial charge >= 0.3 is 0 Å². The fourth-order valence-electron chi connectivity index (χ4n) is 1.81. The number of benzene rings is 1. The lowest BCUT2D eigenvalue weighted by Crippen LogP contribution is -2.28. The van der Waals surface area contributed by atoms with E-state index >= 15 is 0 Å². The lowest BCUT2D eigenvalue weighted by atomic mass is 10.1. The molecule has 0 aromatic heterocycles.